The first kappa shape index (κ1) is 11.9. The van der Waals surface area contributed by atoms with Crippen LogP contribution >= 0.6 is 15.9 Å². The third-order valence-electron chi connectivity index (χ3n) is 2.39. The lowest BCUT2D eigenvalue weighted by molar-refractivity contribution is 0.776. The van der Waals surface area contributed by atoms with Crippen molar-refractivity contribution in [3.8, 4) is 0 Å². The van der Waals surface area contributed by atoms with Gasteiger partial charge in [0.15, 0.2) is 0 Å². The van der Waals surface area contributed by atoms with Crippen molar-refractivity contribution < 1.29 is 0 Å². The first-order valence-electron chi connectivity index (χ1n) is 5.34. The van der Waals surface area contributed by atoms with E-state index in [1.165, 1.54) is 0 Å². The monoisotopic (exact) mass is 289 g/mol. The maximum absolute atomic E-state index is 11.7. The summed E-state index contributed by atoms with van der Waals surface area (Å²) in [7, 11) is 0. The molecule has 1 heterocycles. The average Bonchev–Trinajstić information content (AvgIpc) is 2.36. The first-order chi connectivity index (χ1) is 8.27. The molecule has 0 aliphatic rings. The van der Waals surface area contributed by atoms with E-state index in [1.54, 1.807) is 16.8 Å². The van der Waals surface area contributed by atoms with Crippen LogP contribution in [-0.2, 0) is 6.54 Å². The molecule has 0 saturated carbocycles. The Morgan fingerprint density at radius 1 is 1.12 bits per heavy atom. The van der Waals surface area contributed by atoms with Gasteiger partial charge in [-0.25, -0.2) is 0 Å². The topological polar surface area (TPSA) is 22.0 Å². The number of benzene rings is 1. The average molecular weight is 290 g/mol. The lowest BCUT2D eigenvalue weighted by Crippen LogP contribution is -2.18. The minimum atomic E-state index is -0.00906. The van der Waals surface area contributed by atoms with Crippen molar-refractivity contribution >= 4 is 22.0 Å². The Labute approximate surface area is 108 Å². The van der Waals surface area contributed by atoms with Crippen LogP contribution in [0.3, 0.4) is 0 Å². The fraction of sp³-hybridized carbons (Fsp3) is 0.0714. The Balaban J connectivity index is 2.11. The smallest absolute Gasteiger partial charge is 0.265 e. The minimum absolute atomic E-state index is 0.00906. The molecule has 0 atom stereocenters. The molecule has 0 spiro atoms. The van der Waals surface area contributed by atoms with Gasteiger partial charge in [-0.2, -0.15) is 0 Å². The number of halogens is 1. The molecule has 0 fully saturated rings. The van der Waals surface area contributed by atoms with Crippen molar-refractivity contribution in [1.82, 2.24) is 4.57 Å². The highest BCUT2D eigenvalue weighted by Crippen LogP contribution is 2.03. The van der Waals surface area contributed by atoms with Crippen molar-refractivity contribution in [3.63, 3.8) is 0 Å². The SMILES string of the molecule is O=c1c(Br)cccn1C/C=C/c1ccccc1. The molecule has 2 nitrogen and oxygen atoms in total. The Bertz CT molecular complexity index is 572. The number of allylic oxidation sites excluding steroid dienone is 1. The van der Waals surface area contributed by atoms with Crippen LogP contribution in [0.2, 0.25) is 0 Å². The van der Waals surface area contributed by atoms with Crippen LogP contribution in [0, 0.1) is 0 Å². The molecular weight excluding hydrogens is 278 g/mol. The maximum atomic E-state index is 11.7. The second-order valence-electron chi connectivity index (χ2n) is 3.63. The summed E-state index contributed by atoms with van der Waals surface area (Å²) in [6, 6.07) is 13.6. The predicted octanol–water partition coefficient (Wildman–Crippen LogP) is 3.32. The van der Waals surface area contributed by atoms with E-state index < -0.39 is 0 Å². The number of rotatable bonds is 3. The van der Waals surface area contributed by atoms with Crippen molar-refractivity contribution in [2.45, 2.75) is 6.54 Å². The Morgan fingerprint density at radius 2 is 1.88 bits per heavy atom. The van der Waals surface area contributed by atoms with Gasteiger partial charge in [-0.3, -0.25) is 4.79 Å². The van der Waals surface area contributed by atoms with Crippen LogP contribution in [0.15, 0.2) is 64.0 Å². The van der Waals surface area contributed by atoms with Gasteiger partial charge in [-0.1, -0.05) is 42.5 Å². The van der Waals surface area contributed by atoms with E-state index in [-0.39, 0.29) is 5.56 Å². The summed E-state index contributed by atoms with van der Waals surface area (Å²) < 4.78 is 2.25. The van der Waals surface area contributed by atoms with E-state index in [9.17, 15) is 4.79 Å². The standard InChI is InChI=1S/C14H12BrNO/c15-13-9-5-11-16(14(13)17)10-4-8-12-6-2-1-3-7-12/h1-9,11H,10H2/b8-4+. The molecule has 0 bridgehead atoms. The molecule has 3 heteroatoms. The van der Waals surface area contributed by atoms with Gasteiger partial charge in [-0.15, -0.1) is 0 Å². The maximum Gasteiger partial charge on any atom is 0.265 e. The van der Waals surface area contributed by atoms with Crippen LogP contribution in [-0.4, -0.2) is 4.57 Å². The number of aromatic nitrogens is 1. The second kappa shape index (κ2) is 5.64. The molecular formula is C14H12BrNO. The predicted molar refractivity (Wildman–Crippen MR) is 73.9 cm³/mol. The van der Waals surface area contributed by atoms with E-state index in [1.807, 2.05) is 48.6 Å². The second-order valence-corrected chi connectivity index (χ2v) is 4.48. The molecule has 0 radical (unpaired) electrons. The third kappa shape index (κ3) is 3.17. The minimum Gasteiger partial charge on any atom is -0.311 e. The Hall–Kier alpha value is -1.61. The fourth-order valence-electron chi connectivity index (χ4n) is 1.52. The number of hydrogen-bond acceptors (Lipinski definition) is 1. The summed E-state index contributed by atoms with van der Waals surface area (Å²) in [6.45, 7) is 0.577. The summed E-state index contributed by atoms with van der Waals surface area (Å²) in [5.74, 6) is 0. The molecule has 2 rings (SSSR count). The fourth-order valence-corrected chi connectivity index (χ4v) is 1.90. The van der Waals surface area contributed by atoms with Gasteiger partial charge < -0.3 is 4.57 Å². The number of pyridine rings is 1. The van der Waals surface area contributed by atoms with Gasteiger partial charge in [0.1, 0.15) is 0 Å². The highest BCUT2D eigenvalue weighted by atomic mass is 79.9. The van der Waals surface area contributed by atoms with Gasteiger partial charge in [0.2, 0.25) is 0 Å². The molecule has 86 valence electrons. The molecule has 2 aromatic rings. The molecule has 0 aliphatic heterocycles. The normalized spacial score (nSPS) is 10.9. The quantitative estimate of drug-likeness (QED) is 0.850. The van der Waals surface area contributed by atoms with Gasteiger partial charge in [-0.05, 0) is 33.6 Å². The number of nitrogens with zero attached hydrogens (tertiary/aromatic N) is 1. The van der Waals surface area contributed by atoms with Crippen LogP contribution < -0.4 is 5.56 Å². The van der Waals surface area contributed by atoms with Crippen molar-refractivity contribution in [2.75, 3.05) is 0 Å². The molecule has 17 heavy (non-hydrogen) atoms. The molecule has 1 aromatic heterocycles. The summed E-state index contributed by atoms with van der Waals surface area (Å²) >= 11 is 3.23. The van der Waals surface area contributed by atoms with Crippen LogP contribution in [0.5, 0.6) is 0 Å². The highest BCUT2D eigenvalue weighted by Gasteiger charge is 1.96. The van der Waals surface area contributed by atoms with Gasteiger partial charge in [0, 0.05) is 12.7 Å². The molecule has 0 aliphatic carbocycles. The van der Waals surface area contributed by atoms with E-state index in [4.69, 9.17) is 0 Å². The zero-order valence-corrected chi connectivity index (χ0v) is 10.8. The lowest BCUT2D eigenvalue weighted by atomic mass is 10.2. The summed E-state index contributed by atoms with van der Waals surface area (Å²) in [5, 5.41) is 0. The van der Waals surface area contributed by atoms with Crippen LogP contribution in [0.25, 0.3) is 6.08 Å². The molecule has 0 saturated heterocycles. The van der Waals surface area contributed by atoms with E-state index in [0.717, 1.165) is 5.56 Å². The number of hydrogen-bond donors (Lipinski definition) is 0. The van der Waals surface area contributed by atoms with Gasteiger partial charge in [0.05, 0.1) is 4.47 Å². The zero-order chi connectivity index (χ0) is 12.1. The van der Waals surface area contributed by atoms with Crippen LogP contribution in [0.1, 0.15) is 5.56 Å². The first-order valence-corrected chi connectivity index (χ1v) is 6.13. The third-order valence-corrected chi connectivity index (χ3v) is 2.99. The Morgan fingerprint density at radius 3 is 2.65 bits per heavy atom. The Kier molecular flexibility index (Phi) is 3.94. The van der Waals surface area contributed by atoms with E-state index >= 15 is 0 Å². The summed E-state index contributed by atoms with van der Waals surface area (Å²) in [5.41, 5.74) is 1.13. The van der Waals surface area contributed by atoms with Crippen molar-refractivity contribution in [3.05, 3.63) is 75.1 Å². The molecule has 0 amide bonds. The van der Waals surface area contributed by atoms with E-state index in [2.05, 4.69) is 15.9 Å². The summed E-state index contributed by atoms with van der Waals surface area (Å²) in [4.78, 5) is 11.7. The van der Waals surface area contributed by atoms with E-state index in [0.29, 0.717) is 11.0 Å². The van der Waals surface area contributed by atoms with Crippen LogP contribution in [0.4, 0.5) is 0 Å². The highest BCUT2D eigenvalue weighted by molar-refractivity contribution is 9.10. The lowest BCUT2D eigenvalue weighted by Gasteiger charge is -2.01. The summed E-state index contributed by atoms with van der Waals surface area (Å²) in [6.07, 6.45) is 5.76. The molecule has 0 N–H and O–H groups in total. The van der Waals surface area contributed by atoms with Gasteiger partial charge in [0.25, 0.3) is 5.56 Å². The van der Waals surface area contributed by atoms with Crippen molar-refractivity contribution in [2.24, 2.45) is 0 Å². The molecule has 0 unspecified atom stereocenters. The van der Waals surface area contributed by atoms with Gasteiger partial charge >= 0.3 is 0 Å². The van der Waals surface area contributed by atoms with Crippen molar-refractivity contribution in [1.29, 1.82) is 0 Å². The zero-order valence-electron chi connectivity index (χ0n) is 9.21. The largest absolute Gasteiger partial charge is 0.311 e. The molecule has 1 aromatic carbocycles.